The second kappa shape index (κ2) is 2.62. The molecule has 0 aliphatic heterocycles. The third-order valence-corrected chi connectivity index (χ3v) is 2.43. The van der Waals surface area contributed by atoms with Gasteiger partial charge in [0.25, 0.3) is 0 Å². The maximum atomic E-state index is 13.3. The molecule has 0 amide bonds. The molecule has 1 aliphatic carbocycles. The van der Waals surface area contributed by atoms with Crippen molar-refractivity contribution in [3.63, 3.8) is 0 Å². The quantitative estimate of drug-likeness (QED) is 0.686. The van der Waals surface area contributed by atoms with Gasteiger partial charge in [0, 0.05) is 11.2 Å². The van der Waals surface area contributed by atoms with Gasteiger partial charge in [0.1, 0.15) is 5.82 Å². The third kappa shape index (κ3) is 1.74. The molecule has 13 heavy (non-hydrogen) atoms. The Balaban J connectivity index is 2.20. The summed E-state index contributed by atoms with van der Waals surface area (Å²) in [6.07, 6.45) is 2.22. The van der Waals surface area contributed by atoms with E-state index in [1.807, 2.05) is 0 Å². The van der Waals surface area contributed by atoms with Crippen molar-refractivity contribution < 1.29 is 4.39 Å². The fourth-order valence-electron chi connectivity index (χ4n) is 1.27. The average Bonchev–Trinajstić information content (AvgIpc) is 2.75. The van der Waals surface area contributed by atoms with E-state index >= 15 is 0 Å². The Morgan fingerprint density at radius 1 is 1.46 bits per heavy atom. The third-order valence-electron chi connectivity index (χ3n) is 2.43. The van der Waals surface area contributed by atoms with E-state index in [1.54, 1.807) is 12.1 Å². The second-order valence-electron chi connectivity index (χ2n) is 3.92. The molecule has 0 unspecified atom stereocenters. The van der Waals surface area contributed by atoms with Gasteiger partial charge in [-0.05, 0) is 38.0 Å². The Morgan fingerprint density at radius 3 is 2.69 bits per heavy atom. The van der Waals surface area contributed by atoms with Crippen molar-refractivity contribution in [1.29, 1.82) is 0 Å². The van der Waals surface area contributed by atoms with Crippen molar-refractivity contribution in [2.45, 2.75) is 25.3 Å². The monoisotopic (exact) mass is 180 g/mol. The summed E-state index contributed by atoms with van der Waals surface area (Å²) in [6, 6.07) is 4.74. The van der Waals surface area contributed by atoms with Crippen LogP contribution in [0, 0.1) is 5.82 Å². The van der Waals surface area contributed by atoms with Gasteiger partial charge in [-0.3, -0.25) is 0 Å². The molecule has 3 heteroatoms. The Bertz CT molecular complexity index is 332. The highest BCUT2D eigenvalue weighted by Gasteiger charge is 2.37. The van der Waals surface area contributed by atoms with Crippen LogP contribution in [0.25, 0.3) is 0 Å². The van der Waals surface area contributed by atoms with Gasteiger partial charge >= 0.3 is 0 Å². The molecule has 0 bridgehead atoms. The van der Waals surface area contributed by atoms with Crippen LogP contribution in [0.4, 0.5) is 15.8 Å². The molecule has 1 saturated carbocycles. The van der Waals surface area contributed by atoms with E-state index in [9.17, 15) is 4.39 Å². The summed E-state index contributed by atoms with van der Waals surface area (Å²) in [6.45, 7) is 2.09. The van der Waals surface area contributed by atoms with Crippen LogP contribution < -0.4 is 11.1 Å². The predicted octanol–water partition coefficient (Wildman–Crippen LogP) is 2.37. The average molecular weight is 180 g/mol. The molecule has 0 spiro atoms. The molecule has 0 aromatic heterocycles. The summed E-state index contributed by atoms with van der Waals surface area (Å²) in [4.78, 5) is 0. The molecule has 1 aliphatic rings. The number of nitrogens with two attached hydrogens (primary N) is 1. The summed E-state index contributed by atoms with van der Waals surface area (Å²) < 4.78 is 13.3. The van der Waals surface area contributed by atoms with Crippen molar-refractivity contribution in [3.8, 4) is 0 Å². The Kier molecular flexibility index (Phi) is 1.68. The minimum atomic E-state index is -0.270. The predicted molar refractivity (Wildman–Crippen MR) is 52.1 cm³/mol. The summed E-state index contributed by atoms with van der Waals surface area (Å²) in [7, 11) is 0. The lowest BCUT2D eigenvalue weighted by Gasteiger charge is -2.13. The van der Waals surface area contributed by atoms with Gasteiger partial charge in [0.2, 0.25) is 0 Å². The Hall–Kier alpha value is -1.25. The first-order valence-electron chi connectivity index (χ1n) is 4.42. The molecule has 0 atom stereocenters. The highest BCUT2D eigenvalue weighted by Crippen LogP contribution is 2.38. The number of halogens is 1. The number of nitrogens with one attached hydrogen (secondary N) is 1. The summed E-state index contributed by atoms with van der Waals surface area (Å²) in [5.41, 5.74) is 6.56. The van der Waals surface area contributed by atoms with Crippen molar-refractivity contribution >= 4 is 11.4 Å². The Morgan fingerprint density at radius 2 is 2.15 bits per heavy atom. The molecule has 2 nitrogen and oxygen atoms in total. The van der Waals surface area contributed by atoms with Gasteiger partial charge in [-0.25, -0.2) is 4.39 Å². The van der Waals surface area contributed by atoms with Gasteiger partial charge in [-0.1, -0.05) is 0 Å². The molecular formula is C10H13FN2. The van der Waals surface area contributed by atoms with Crippen LogP contribution in [0.5, 0.6) is 0 Å². The lowest BCUT2D eigenvalue weighted by Crippen LogP contribution is -2.16. The van der Waals surface area contributed by atoms with Crippen molar-refractivity contribution in [2.24, 2.45) is 0 Å². The fourth-order valence-corrected chi connectivity index (χ4v) is 1.27. The zero-order valence-electron chi connectivity index (χ0n) is 7.60. The van der Waals surface area contributed by atoms with E-state index in [0.29, 0.717) is 11.4 Å². The van der Waals surface area contributed by atoms with Gasteiger partial charge < -0.3 is 11.1 Å². The van der Waals surface area contributed by atoms with Crippen LogP contribution in [-0.2, 0) is 0 Å². The second-order valence-corrected chi connectivity index (χ2v) is 3.92. The smallest absolute Gasteiger partial charge is 0.148 e. The zero-order chi connectivity index (χ0) is 9.47. The maximum absolute atomic E-state index is 13.3. The topological polar surface area (TPSA) is 38.0 Å². The minimum Gasteiger partial charge on any atom is -0.399 e. The summed E-state index contributed by atoms with van der Waals surface area (Å²) >= 11 is 0. The summed E-state index contributed by atoms with van der Waals surface area (Å²) in [5, 5.41) is 3.16. The standard InChI is InChI=1S/C10H13FN2/c1-10(4-5-10)13-9-3-2-7(12)6-8(9)11/h2-3,6,13H,4-5,12H2,1H3. The Labute approximate surface area is 76.9 Å². The molecule has 1 fully saturated rings. The number of nitrogen functional groups attached to an aromatic ring is 1. The van der Waals surface area contributed by atoms with Crippen LogP contribution in [0.1, 0.15) is 19.8 Å². The highest BCUT2D eigenvalue weighted by atomic mass is 19.1. The fraction of sp³-hybridized carbons (Fsp3) is 0.400. The van der Waals surface area contributed by atoms with Gasteiger partial charge in [-0.15, -0.1) is 0 Å². The van der Waals surface area contributed by atoms with Crippen LogP contribution in [-0.4, -0.2) is 5.54 Å². The van der Waals surface area contributed by atoms with Crippen LogP contribution in [0.2, 0.25) is 0 Å². The van der Waals surface area contributed by atoms with E-state index in [0.717, 1.165) is 12.8 Å². The van der Waals surface area contributed by atoms with Gasteiger partial charge in [-0.2, -0.15) is 0 Å². The number of anilines is 2. The lowest BCUT2D eigenvalue weighted by molar-refractivity contribution is 0.626. The largest absolute Gasteiger partial charge is 0.399 e. The molecule has 0 radical (unpaired) electrons. The number of rotatable bonds is 2. The number of hydrogen-bond donors (Lipinski definition) is 2. The normalized spacial score (nSPS) is 18.3. The van der Waals surface area contributed by atoms with Crippen molar-refractivity contribution in [2.75, 3.05) is 11.1 Å². The SMILES string of the molecule is CC1(Nc2ccc(N)cc2F)CC1. The van der Waals surface area contributed by atoms with Gasteiger partial charge in [0.15, 0.2) is 0 Å². The molecule has 3 N–H and O–H groups in total. The van der Waals surface area contributed by atoms with Crippen molar-refractivity contribution in [1.82, 2.24) is 0 Å². The first-order valence-corrected chi connectivity index (χ1v) is 4.42. The zero-order valence-corrected chi connectivity index (χ0v) is 7.60. The molecule has 0 saturated heterocycles. The van der Waals surface area contributed by atoms with Crippen LogP contribution in [0.3, 0.4) is 0 Å². The molecule has 70 valence electrons. The minimum absolute atomic E-state index is 0.108. The summed E-state index contributed by atoms with van der Waals surface area (Å²) in [5.74, 6) is -0.270. The maximum Gasteiger partial charge on any atom is 0.148 e. The van der Waals surface area contributed by atoms with Gasteiger partial charge in [0.05, 0.1) is 5.69 Å². The highest BCUT2D eigenvalue weighted by molar-refractivity contribution is 5.54. The van der Waals surface area contributed by atoms with E-state index in [1.165, 1.54) is 6.07 Å². The molecule has 1 aromatic carbocycles. The lowest BCUT2D eigenvalue weighted by atomic mass is 10.2. The number of benzene rings is 1. The van der Waals surface area contributed by atoms with E-state index in [-0.39, 0.29) is 11.4 Å². The molecule has 1 aromatic rings. The van der Waals surface area contributed by atoms with E-state index in [2.05, 4.69) is 12.2 Å². The molecule has 2 rings (SSSR count). The first kappa shape index (κ1) is 8.35. The van der Waals surface area contributed by atoms with Crippen LogP contribution in [0.15, 0.2) is 18.2 Å². The molecule has 0 heterocycles. The number of hydrogen-bond acceptors (Lipinski definition) is 2. The van der Waals surface area contributed by atoms with E-state index in [4.69, 9.17) is 5.73 Å². The van der Waals surface area contributed by atoms with Crippen LogP contribution >= 0.6 is 0 Å². The first-order chi connectivity index (χ1) is 6.09. The van der Waals surface area contributed by atoms with Crippen molar-refractivity contribution in [3.05, 3.63) is 24.0 Å². The van der Waals surface area contributed by atoms with E-state index < -0.39 is 0 Å². The molecular weight excluding hydrogens is 167 g/mol.